The van der Waals surface area contributed by atoms with Gasteiger partial charge >= 0.3 is 0 Å². The highest BCUT2D eigenvalue weighted by Crippen LogP contribution is 2.31. The van der Waals surface area contributed by atoms with Crippen molar-refractivity contribution in [2.24, 2.45) is 0 Å². The number of thiazole rings is 1. The summed E-state index contributed by atoms with van der Waals surface area (Å²) in [5, 5.41) is 4.61. The summed E-state index contributed by atoms with van der Waals surface area (Å²) < 4.78 is 19.3. The highest BCUT2D eigenvalue weighted by atomic mass is 35.5. The van der Waals surface area contributed by atoms with Crippen LogP contribution in [0.15, 0.2) is 23.6 Å². The fraction of sp³-hybridized carbons (Fsp3) is 0.450. The van der Waals surface area contributed by atoms with Crippen molar-refractivity contribution in [1.29, 1.82) is 0 Å². The van der Waals surface area contributed by atoms with Crippen LogP contribution in [0.4, 0.5) is 4.39 Å². The summed E-state index contributed by atoms with van der Waals surface area (Å²) in [6.45, 7) is 3.48. The zero-order valence-corrected chi connectivity index (χ0v) is 17.8. The Kier molecular flexibility index (Phi) is 6.62. The number of amides is 2. The van der Waals surface area contributed by atoms with Crippen LogP contribution in [0.25, 0.3) is 0 Å². The molecule has 0 unspecified atom stereocenters. The Bertz CT molecular complexity index is 906. The van der Waals surface area contributed by atoms with Gasteiger partial charge in [0.15, 0.2) is 0 Å². The van der Waals surface area contributed by atoms with Gasteiger partial charge in [0.05, 0.1) is 28.8 Å². The summed E-state index contributed by atoms with van der Waals surface area (Å²) in [6.07, 6.45) is 1.41. The predicted octanol–water partition coefficient (Wildman–Crippen LogP) is 2.93. The fourth-order valence-electron chi connectivity index (χ4n) is 3.65. The average Bonchev–Trinajstić information content (AvgIpc) is 3.25. The maximum atomic E-state index is 14.1. The predicted molar refractivity (Wildman–Crippen MR) is 111 cm³/mol. The van der Waals surface area contributed by atoms with Crippen LogP contribution in [0.3, 0.4) is 0 Å². The van der Waals surface area contributed by atoms with Gasteiger partial charge < -0.3 is 9.64 Å². The second kappa shape index (κ2) is 9.38. The number of aromatic nitrogens is 1. The molecule has 0 bridgehead atoms. The number of carbonyl (C=O) groups excluding carboxylic acids is 2. The van der Waals surface area contributed by atoms with Gasteiger partial charge in [0.2, 0.25) is 0 Å². The molecule has 2 aromatic rings. The molecule has 1 aromatic carbocycles. The molecular weight excluding hydrogens is 431 g/mol. The third kappa shape index (κ3) is 4.64. The summed E-state index contributed by atoms with van der Waals surface area (Å²) in [6, 6.07) is 4.24. The van der Waals surface area contributed by atoms with E-state index in [0.29, 0.717) is 57.9 Å². The van der Waals surface area contributed by atoms with Crippen molar-refractivity contribution in [2.45, 2.75) is 18.8 Å². The number of morpholine rings is 1. The van der Waals surface area contributed by atoms with Gasteiger partial charge in [-0.15, -0.1) is 11.3 Å². The van der Waals surface area contributed by atoms with E-state index in [0.717, 1.165) is 5.01 Å². The highest BCUT2D eigenvalue weighted by molar-refractivity contribution is 7.09. The molecule has 0 atom stereocenters. The van der Waals surface area contributed by atoms with E-state index in [1.165, 1.54) is 29.5 Å². The Morgan fingerprint density at radius 2 is 1.93 bits per heavy atom. The molecule has 1 aromatic heterocycles. The van der Waals surface area contributed by atoms with Crippen LogP contribution in [-0.4, -0.2) is 66.1 Å². The Labute approximate surface area is 182 Å². The first-order valence-corrected chi connectivity index (χ1v) is 11.1. The lowest BCUT2D eigenvalue weighted by atomic mass is 9.97. The highest BCUT2D eigenvalue weighted by Gasteiger charge is 2.29. The van der Waals surface area contributed by atoms with Gasteiger partial charge in [-0.05, 0) is 25.0 Å². The van der Waals surface area contributed by atoms with Gasteiger partial charge in [0, 0.05) is 37.5 Å². The summed E-state index contributed by atoms with van der Waals surface area (Å²) >= 11 is 7.48. The van der Waals surface area contributed by atoms with E-state index in [1.54, 1.807) is 10.3 Å². The molecule has 2 saturated heterocycles. The second-order valence-corrected chi connectivity index (χ2v) is 8.57. The number of hydrogen-bond acceptors (Lipinski definition) is 6. The summed E-state index contributed by atoms with van der Waals surface area (Å²) in [5.74, 6) is -1.05. The van der Waals surface area contributed by atoms with Crippen molar-refractivity contribution in [3.63, 3.8) is 0 Å². The number of ether oxygens (including phenoxy) is 1. The molecule has 0 spiro atoms. The smallest absolute Gasteiger partial charge is 0.285 e. The Morgan fingerprint density at radius 3 is 2.63 bits per heavy atom. The van der Waals surface area contributed by atoms with Crippen LogP contribution in [0.5, 0.6) is 0 Å². The molecule has 2 aliphatic rings. The van der Waals surface area contributed by atoms with Crippen LogP contribution in [0.1, 0.15) is 44.6 Å². The lowest BCUT2D eigenvalue weighted by Crippen LogP contribution is -2.48. The molecule has 2 aliphatic heterocycles. The van der Waals surface area contributed by atoms with Crippen molar-refractivity contribution in [1.82, 2.24) is 20.3 Å². The lowest BCUT2D eigenvalue weighted by Gasteiger charge is -2.31. The van der Waals surface area contributed by atoms with E-state index in [1.807, 2.05) is 5.01 Å². The molecule has 2 fully saturated rings. The minimum atomic E-state index is -0.606. The Morgan fingerprint density at radius 1 is 1.20 bits per heavy atom. The number of hydrazine groups is 1. The zero-order chi connectivity index (χ0) is 21.1. The van der Waals surface area contributed by atoms with Crippen LogP contribution in [0.2, 0.25) is 5.02 Å². The molecule has 160 valence electrons. The van der Waals surface area contributed by atoms with Crippen molar-refractivity contribution in [2.75, 3.05) is 39.4 Å². The number of hydrogen-bond donors (Lipinski definition) is 1. The number of benzene rings is 1. The molecule has 0 radical (unpaired) electrons. The van der Waals surface area contributed by atoms with Gasteiger partial charge in [0.1, 0.15) is 11.5 Å². The first-order valence-electron chi connectivity index (χ1n) is 9.85. The van der Waals surface area contributed by atoms with Crippen molar-refractivity contribution in [3.05, 3.63) is 50.7 Å². The van der Waals surface area contributed by atoms with E-state index in [-0.39, 0.29) is 28.3 Å². The van der Waals surface area contributed by atoms with Gasteiger partial charge in [-0.3, -0.25) is 15.0 Å². The van der Waals surface area contributed by atoms with Crippen LogP contribution >= 0.6 is 22.9 Å². The maximum Gasteiger partial charge on any atom is 0.285 e. The number of rotatable bonds is 4. The van der Waals surface area contributed by atoms with E-state index in [2.05, 4.69) is 10.4 Å². The molecule has 2 amide bonds. The van der Waals surface area contributed by atoms with Crippen molar-refractivity contribution in [3.8, 4) is 0 Å². The second-order valence-electron chi connectivity index (χ2n) is 7.27. The fourth-order valence-corrected chi connectivity index (χ4v) is 4.86. The van der Waals surface area contributed by atoms with Crippen LogP contribution < -0.4 is 5.43 Å². The van der Waals surface area contributed by atoms with E-state index >= 15 is 0 Å². The molecule has 10 heteroatoms. The van der Waals surface area contributed by atoms with Crippen LogP contribution in [-0.2, 0) is 4.74 Å². The molecule has 30 heavy (non-hydrogen) atoms. The Balaban J connectivity index is 1.34. The third-order valence-electron chi connectivity index (χ3n) is 5.33. The molecule has 0 saturated carbocycles. The topological polar surface area (TPSA) is 74.8 Å². The minimum Gasteiger partial charge on any atom is -0.379 e. The number of nitrogens with one attached hydrogen (secondary N) is 1. The molecule has 3 heterocycles. The summed E-state index contributed by atoms with van der Waals surface area (Å²) in [4.78, 5) is 31.3. The molecule has 0 aliphatic carbocycles. The first-order chi connectivity index (χ1) is 14.5. The Hall–Kier alpha value is -2.07. The summed E-state index contributed by atoms with van der Waals surface area (Å²) in [5.41, 5.74) is 3.19. The molecule has 7 nitrogen and oxygen atoms in total. The number of likely N-dealkylation sites (tertiary alicyclic amines) is 1. The molecule has 1 N–H and O–H groups in total. The monoisotopic (exact) mass is 452 g/mol. The first kappa shape index (κ1) is 21.2. The SMILES string of the molecule is O=C(NN1CCOCC1)c1csc(C2CCN(C(=O)c3c(F)cccc3Cl)CC2)n1. The van der Waals surface area contributed by atoms with Crippen molar-refractivity contribution < 1.29 is 18.7 Å². The number of piperidine rings is 1. The van der Waals surface area contributed by atoms with Gasteiger partial charge in [-0.2, -0.15) is 0 Å². The standard InChI is InChI=1S/C20H22ClFN4O3S/c21-14-2-1-3-15(22)17(14)20(28)25-6-4-13(5-7-25)19-23-16(12-30-19)18(27)24-26-8-10-29-11-9-26/h1-3,12-13H,4-11H2,(H,24,27). The van der Waals surface area contributed by atoms with Gasteiger partial charge in [-0.25, -0.2) is 14.4 Å². The number of nitrogens with zero attached hydrogens (tertiary/aromatic N) is 3. The van der Waals surface area contributed by atoms with Crippen molar-refractivity contribution >= 4 is 34.8 Å². The van der Waals surface area contributed by atoms with Gasteiger partial charge in [-0.1, -0.05) is 17.7 Å². The third-order valence-corrected chi connectivity index (χ3v) is 6.66. The number of halogens is 2. The van der Waals surface area contributed by atoms with Crippen LogP contribution in [0, 0.1) is 5.82 Å². The van der Waals surface area contributed by atoms with Gasteiger partial charge in [0.25, 0.3) is 11.8 Å². The zero-order valence-electron chi connectivity index (χ0n) is 16.3. The van der Waals surface area contributed by atoms with E-state index in [4.69, 9.17) is 16.3 Å². The largest absolute Gasteiger partial charge is 0.379 e. The van der Waals surface area contributed by atoms with E-state index < -0.39 is 5.82 Å². The van der Waals surface area contributed by atoms with E-state index in [9.17, 15) is 14.0 Å². The maximum absolute atomic E-state index is 14.1. The summed E-state index contributed by atoms with van der Waals surface area (Å²) in [7, 11) is 0. The average molecular weight is 453 g/mol. The number of carbonyl (C=O) groups is 2. The molecular formula is C20H22ClFN4O3S. The quantitative estimate of drug-likeness (QED) is 0.772. The minimum absolute atomic E-state index is 0.0751. The lowest BCUT2D eigenvalue weighted by molar-refractivity contribution is 0.0125. The molecule has 4 rings (SSSR count). The normalized spacial score (nSPS) is 18.4.